The van der Waals surface area contributed by atoms with Gasteiger partial charge in [0.2, 0.25) is 0 Å². The molecule has 0 saturated heterocycles. The van der Waals surface area contributed by atoms with Gasteiger partial charge in [0, 0.05) is 23.3 Å². The summed E-state index contributed by atoms with van der Waals surface area (Å²) in [6.07, 6.45) is 2.19. The second-order valence-electron chi connectivity index (χ2n) is 7.37. The number of aromatic nitrogens is 5. The minimum Gasteiger partial charge on any atom is -0.310 e. The fourth-order valence-electron chi connectivity index (χ4n) is 3.27. The molecule has 0 unspecified atom stereocenters. The van der Waals surface area contributed by atoms with E-state index in [0.29, 0.717) is 49.7 Å². The standard InChI is InChI=1S/C21H18Cl3N5O/c1-10(2)18-17-20(29(28-18)19-14(23)7-13(22)8-15(19)24)26-16(27-21(17)30)6-12-5-4-11(3)25-9-12/h4-5,7-10H,6H2,1-3H3,(H,26,27,30). The van der Waals surface area contributed by atoms with Gasteiger partial charge >= 0.3 is 0 Å². The monoisotopic (exact) mass is 461 g/mol. The average molecular weight is 463 g/mol. The number of hydrogen-bond donors (Lipinski definition) is 1. The van der Waals surface area contributed by atoms with Gasteiger partial charge in [-0.2, -0.15) is 5.10 Å². The van der Waals surface area contributed by atoms with Crippen LogP contribution < -0.4 is 5.56 Å². The lowest BCUT2D eigenvalue weighted by molar-refractivity contribution is 0.776. The maximum absolute atomic E-state index is 13.0. The molecular weight excluding hydrogens is 445 g/mol. The Morgan fingerprint density at radius 1 is 1.13 bits per heavy atom. The van der Waals surface area contributed by atoms with Crippen LogP contribution in [-0.4, -0.2) is 24.7 Å². The molecule has 6 nitrogen and oxygen atoms in total. The molecule has 9 heteroatoms. The predicted octanol–water partition coefficient (Wildman–Crippen LogP) is 5.49. The van der Waals surface area contributed by atoms with E-state index in [1.807, 2.05) is 32.9 Å². The summed E-state index contributed by atoms with van der Waals surface area (Å²) in [4.78, 5) is 24.9. The van der Waals surface area contributed by atoms with Gasteiger partial charge in [-0.1, -0.05) is 54.7 Å². The molecule has 0 fully saturated rings. The molecule has 0 aliphatic carbocycles. The average Bonchev–Trinajstić information content (AvgIpc) is 3.03. The summed E-state index contributed by atoms with van der Waals surface area (Å²) in [6, 6.07) is 7.04. The molecule has 3 aromatic heterocycles. The molecule has 4 rings (SSSR count). The van der Waals surface area contributed by atoms with Crippen molar-refractivity contribution in [3.8, 4) is 5.69 Å². The van der Waals surface area contributed by atoms with E-state index in [1.54, 1.807) is 18.3 Å². The molecule has 4 aromatic rings. The topological polar surface area (TPSA) is 76.5 Å². The minimum absolute atomic E-state index is 0.00588. The van der Waals surface area contributed by atoms with Crippen LogP contribution in [0.25, 0.3) is 16.7 Å². The number of aromatic amines is 1. The number of H-pyrrole nitrogens is 1. The van der Waals surface area contributed by atoms with Gasteiger partial charge < -0.3 is 4.98 Å². The fraction of sp³-hybridized carbons (Fsp3) is 0.238. The SMILES string of the molecule is Cc1ccc(Cc2nc3c(c(C(C)C)nn3-c3c(Cl)cc(Cl)cc3Cl)c(=O)[nH]2)cn1. The summed E-state index contributed by atoms with van der Waals surface area (Å²) in [7, 11) is 0. The second-order valence-corrected chi connectivity index (χ2v) is 8.62. The van der Waals surface area contributed by atoms with E-state index in [9.17, 15) is 4.79 Å². The second kappa shape index (κ2) is 8.02. The lowest BCUT2D eigenvalue weighted by Crippen LogP contribution is -2.14. The Labute approximate surface area is 187 Å². The Morgan fingerprint density at radius 2 is 1.83 bits per heavy atom. The summed E-state index contributed by atoms with van der Waals surface area (Å²) in [5.74, 6) is 0.490. The third-order valence-electron chi connectivity index (χ3n) is 4.70. The lowest BCUT2D eigenvalue weighted by Gasteiger charge is -2.09. The number of aryl methyl sites for hydroxylation is 1. The van der Waals surface area contributed by atoms with Crippen molar-refractivity contribution < 1.29 is 0 Å². The van der Waals surface area contributed by atoms with Crippen molar-refractivity contribution >= 4 is 45.8 Å². The van der Waals surface area contributed by atoms with E-state index in [0.717, 1.165) is 11.3 Å². The highest BCUT2D eigenvalue weighted by Gasteiger charge is 2.22. The zero-order valence-electron chi connectivity index (χ0n) is 16.5. The Bertz CT molecular complexity index is 1290. The van der Waals surface area contributed by atoms with Gasteiger partial charge in [0.15, 0.2) is 5.65 Å². The van der Waals surface area contributed by atoms with E-state index in [2.05, 4.69) is 15.1 Å². The van der Waals surface area contributed by atoms with Gasteiger partial charge in [0.25, 0.3) is 5.56 Å². The molecule has 0 radical (unpaired) electrons. The molecule has 154 valence electrons. The van der Waals surface area contributed by atoms with Gasteiger partial charge in [0.05, 0.1) is 15.7 Å². The predicted molar refractivity (Wildman–Crippen MR) is 120 cm³/mol. The first kappa shape index (κ1) is 20.8. The van der Waals surface area contributed by atoms with Crippen molar-refractivity contribution in [1.29, 1.82) is 0 Å². The summed E-state index contributed by atoms with van der Waals surface area (Å²) in [5.41, 5.74) is 3.03. The van der Waals surface area contributed by atoms with Crippen LogP contribution in [0.2, 0.25) is 15.1 Å². The van der Waals surface area contributed by atoms with E-state index >= 15 is 0 Å². The van der Waals surface area contributed by atoms with Gasteiger partial charge in [-0.3, -0.25) is 9.78 Å². The first-order chi connectivity index (χ1) is 14.2. The van der Waals surface area contributed by atoms with E-state index < -0.39 is 0 Å². The molecule has 0 atom stereocenters. The Kier molecular flexibility index (Phi) is 5.57. The molecular formula is C21H18Cl3N5O. The molecule has 1 aromatic carbocycles. The Hall–Kier alpha value is -2.41. The highest BCUT2D eigenvalue weighted by molar-refractivity contribution is 6.40. The molecule has 1 N–H and O–H groups in total. The first-order valence-electron chi connectivity index (χ1n) is 9.33. The van der Waals surface area contributed by atoms with E-state index in [1.165, 1.54) is 4.68 Å². The minimum atomic E-state index is -0.258. The lowest BCUT2D eigenvalue weighted by atomic mass is 10.1. The number of nitrogens with zero attached hydrogens (tertiary/aromatic N) is 4. The first-order valence-corrected chi connectivity index (χ1v) is 10.5. The normalized spacial score (nSPS) is 11.6. The van der Waals surface area contributed by atoms with Gasteiger partial charge in [-0.15, -0.1) is 0 Å². The van der Waals surface area contributed by atoms with Crippen LogP contribution in [0, 0.1) is 6.92 Å². The molecule has 0 amide bonds. The molecule has 0 spiro atoms. The number of hydrogen-bond acceptors (Lipinski definition) is 4. The molecule has 0 bridgehead atoms. The van der Waals surface area contributed by atoms with Crippen LogP contribution >= 0.6 is 34.8 Å². The van der Waals surface area contributed by atoms with Gasteiger partial charge in [0.1, 0.15) is 16.9 Å². The quantitative estimate of drug-likeness (QED) is 0.435. The Morgan fingerprint density at radius 3 is 2.43 bits per heavy atom. The van der Waals surface area contributed by atoms with Crippen molar-refractivity contribution in [2.45, 2.75) is 33.1 Å². The van der Waals surface area contributed by atoms with Crippen LogP contribution in [0.1, 0.15) is 42.5 Å². The van der Waals surface area contributed by atoms with Gasteiger partial charge in [-0.25, -0.2) is 9.67 Å². The summed E-state index contributed by atoms with van der Waals surface area (Å²) >= 11 is 18.9. The zero-order valence-corrected chi connectivity index (χ0v) is 18.8. The van der Waals surface area contributed by atoms with Crippen molar-refractivity contribution in [3.63, 3.8) is 0 Å². The number of benzene rings is 1. The summed E-state index contributed by atoms with van der Waals surface area (Å²) in [5, 5.41) is 6.10. The molecule has 0 saturated carbocycles. The van der Waals surface area contributed by atoms with E-state index in [-0.39, 0.29) is 11.5 Å². The van der Waals surface area contributed by atoms with Crippen molar-refractivity contribution in [3.05, 3.63) is 78.7 Å². The van der Waals surface area contributed by atoms with Gasteiger partial charge in [-0.05, 0) is 36.6 Å². The molecule has 30 heavy (non-hydrogen) atoms. The Balaban J connectivity index is 1.96. The van der Waals surface area contributed by atoms with Crippen molar-refractivity contribution in [2.24, 2.45) is 0 Å². The summed E-state index contributed by atoms with van der Waals surface area (Å²) < 4.78 is 1.53. The zero-order chi connectivity index (χ0) is 21.6. The number of rotatable bonds is 4. The highest BCUT2D eigenvalue weighted by atomic mass is 35.5. The largest absolute Gasteiger partial charge is 0.310 e. The molecule has 0 aliphatic heterocycles. The third-order valence-corrected chi connectivity index (χ3v) is 5.49. The maximum atomic E-state index is 13.0. The highest BCUT2D eigenvalue weighted by Crippen LogP contribution is 2.34. The molecule has 3 heterocycles. The number of halogens is 3. The smallest absolute Gasteiger partial charge is 0.262 e. The molecule has 0 aliphatic rings. The third kappa shape index (κ3) is 3.83. The van der Waals surface area contributed by atoms with Crippen LogP contribution in [0.4, 0.5) is 0 Å². The van der Waals surface area contributed by atoms with Crippen LogP contribution in [0.5, 0.6) is 0 Å². The van der Waals surface area contributed by atoms with Crippen LogP contribution in [0.15, 0.2) is 35.3 Å². The fourth-order valence-corrected chi connectivity index (χ4v) is 4.25. The van der Waals surface area contributed by atoms with Crippen molar-refractivity contribution in [2.75, 3.05) is 0 Å². The number of fused-ring (bicyclic) bond motifs is 1. The van der Waals surface area contributed by atoms with E-state index in [4.69, 9.17) is 39.8 Å². The van der Waals surface area contributed by atoms with Crippen LogP contribution in [-0.2, 0) is 6.42 Å². The maximum Gasteiger partial charge on any atom is 0.262 e. The van der Waals surface area contributed by atoms with Crippen molar-refractivity contribution in [1.82, 2.24) is 24.7 Å². The number of nitrogens with one attached hydrogen (secondary N) is 1. The number of pyridine rings is 1. The van der Waals surface area contributed by atoms with Crippen LogP contribution in [0.3, 0.4) is 0 Å². The summed E-state index contributed by atoms with van der Waals surface area (Å²) in [6.45, 7) is 5.84.